The molecule has 0 bridgehead atoms. The molecule has 0 spiro atoms. The van der Waals surface area contributed by atoms with E-state index in [2.05, 4.69) is 133 Å². The molecule has 0 saturated heterocycles. The summed E-state index contributed by atoms with van der Waals surface area (Å²) < 4.78 is 18.8. The number of nitrogen functional groups attached to an aromatic ring is 4. The van der Waals surface area contributed by atoms with Crippen LogP contribution in [0.15, 0.2) is 104 Å². The van der Waals surface area contributed by atoms with Gasteiger partial charge in [0.2, 0.25) is 29.5 Å². The highest BCUT2D eigenvalue weighted by Crippen LogP contribution is 2.56. The minimum absolute atomic E-state index is 0.00313. The number of nitrogens with one attached hydrogen (secondary N) is 9. The Bertz CT molecular complexity index is 6750. The van der Waals surface area contributed by atoms with Crippen LogP contribution in [0.1, 0.15) is 109 Å². The van der Waals surface area contributed by atoms with Crippen LogP contribution in [0.3, 0.4) is 0 Å². The number of fused-ring (bicyclic) bond motifs is 10. The van der Waals surface area contributed by atoms with Gasteiger partial charge in [0.05, 0.1) is 74.8 Å². The second-order valence-corrected chi connectivity index (χ2v) is 37.2. The molecule has 13 aromatic heterocycles. The zero-order chi connectivity index (χ0) is 92.5. The number of carbonyl (C=O) groups is 5. The van der Waals surface area contributed by atoms with Crippen LogP contribution in [0.5, 0.6) is 0 Å². The van der Waals surface area contributed by atoms with Gasteiger partial charge in [-0.1, -0.05) is 0 Å². The number of carbonyl (C=O) groups excluding carboxylic acids is 5. The molecular weight excluding hydrogens is 1710 g/mol. The molecule has 684 valence electrons. The van der Waals surface area contributed by atoms with Gasteiger partial charge in [-0.15, -0.1) is 0 Å². The van der Waals surface area contributed by atoms with E-state index in [0.717, 1.165) is 253 Å². The summed E-state index contributed by atoms with van der Waals surface area (Å²) in [5.41, 5.74) is 45.0. The summed E-state index contributed by atoms with van der Waals surface area (Å²) in [6.45, 7) is 14.0. The van der Waals surface area contributed by atoms with Gasteiger partial charge >= 0.3 is 0 Å². The molecule has 18 heterocycles. The van der Waals surface area contributed by atoms with Gasteiger partial charge in [-0.3, -0.25) is 53.3 Å². The maximum atomic E-state index is 13.1. The van der Waals surface area contributed by atoms with Crippen LogP contribution in [0.2, 0.25) is 0 Å². The molecule has 0 radical (unpaired) electrons. The van der Waals surface area contributed by atoms with Crippen LogP contribution >= 0.6 is 0 Å². The molecule has 1 unspecified atom stereocenters. The second-order valence-electron chi connectivity index (χ2n) is 35.9. The summed E-state index contributed by atoms with van der Waals surface area (Å²) in [6.07, 6.45) is 25.1. The highest BCUT2D eigenvalue weighted by atomic mass is 32.2. The van der Waals surface area contributed by atoms with Gasteiger partial charge in [-0.25, -0.2) is 48.4 Å². The number of hydrogen-bond donors (Lipinski definition) is 15. The SMILES string of the molecule is CC(=O)N[C@@H]1CC[C@H]2[C@@H](C1)[C@H]2C(=O)Nc1cc2cc(-c3cnc4c(c3C)NCCC4)nc(N)c2cn1.Cc1c(-c2cc3cc(NC(=O)[C@@H]4C[C@@H]4CO)ncc3c(N)n2)cnc2c1NCCC2.Cc1c(-c2cc3cc(NC(=O)[C@H]4C[C@H]4CO)ncc3c(N)n2)cnc2c1NCCC2.Cc1c(-c2cc3cc(Nc4cc5n(n4)CC(=O)N(C)CC5)ncc3c(N)n2)cnc2c1NS(=O)N(C)C2. The highest BCUT2D eigenvalue weighted by molar-refractivity contribution is 7.84. The molecular formula is C95H105N29O8S. The molecule has 22 rings (SSSR count). The maximum Gasteiger partial charge on any atom is 0.244 e. The van der Waals surface area contributed by atoms with Gasteiger partial charge in [0, 0.05) is 196 Å². The standard InChI is InChI=1S/C27H31N7O2.C24H26N10O2S.2C22H24N6O2/c1-13-19(11-30-21-4-3-7-29-25(13)21)22-8-15-9-23(31-12-20(15)26(28)33-22)34-27(36)24-17-6-5-16(10-18(17)24)32-14(2)35;1-13-16(9-26-19-11-33(3)37(36)31-23(13)19)18-6-14-7-20(27-10-17(14)24(25)28-18)29-21-8-15-4-5-32(2)22(35)12-34(15)30-21;2*1-11-15(8-25-17-3-2-4-24-20(11)17)18-6-12-7-19(26-9-16(12)21(23)27-18)28-22(30)14-5-13(14)10-29/h8-9,11-12,16-18,24,29H,3-7,10H2,1-2H3,(H2,28,33)(H,32,35)(H,31,34,36);6-10,31H,4-5,11-12H2,1-3H3,(H2,25,28)(H,27,29,30);2*6-9,13-14,24,29H,2-5,10H2,1H3,(H2,23,27)(H,26,28,30)/t16-,17+,18-,24+;;2*13-,14-/m1.10/s1. The first kappa shape index (κ1) is 87.9. The third kappa shape index (κ3) is 18.1. The molecule has 4 fully saturated rings. The van der Waals surface area contributed by atoms with E-state index < -0.39 is 11.2 Å². The average Bonchev–Trinajstić information content (AvgIpc) is 1.69. The molecule has 37 nitrogen and oxygen atoms in total. The molecule has 5 amide bonds. The number of aliphatic hydroxyl groups is 2. The lowest BCUT2D eigenvalue weighted by molar-refractivity contribution is -0.130. The number of likely N-dealkylation sites (N-methyl/N-ethyl adjacent to an activating group) is 1. The summed E-state index contributed by atoms with van der Waals surface area (Å²) in [5, 5.41) is 54.6. The van der Waals surface area contributed by atoms with Crippen LogP contribution < -0.4 is 70.2 Å². The van der Waals surface area contributed by atoms with Crippen molar-refractivity contribution < 1.29 is 38.4 Å². The van der Waals surface area contributed by atoms with Crippen molar-refractivity contribution in [2.45, 2.75) is 131 Å². The van der Waals surface area contributed by atoms with Crippen molar-refractivity contribution in [1.82, 2.24) is 84.1 Å². The first-order valence-electron chi connectivity index (χ1n) is 45.1. The summed E-state index contributed by atoms with van der Waals surface area (Å²) in [5.74, 6) is 4.57. The average molecular weight is 1810 g/mol. The van der Waals surface area contributed by atoms with Crippen molar-refractivity contribution in [3.05, 3.63) is 155 Å². The van der Waals surface area contributed by atoms with Crippen molar-refractivity contribution in [2.75, 3.05) is 118 Å². The molecule has 4 saturated carbocycles. The third-order valence-electron chi connectivity index (χ3n) is 27.0. The number of aryl methyl sites for hydroxylation is 3. The third-order valence-corrected chi connectivity index (χ3v) is 28.1. The van der Waals surface area contributed by atoms with Crippen molar-refractivity contribution in [1.29, 1.82) is 0 Å². The van der Waals surface area contributed by atoms with Crippen LogP contribution in [0.25, 0.3) is 88.1 Å². The second kappa shape index (κ2) is 36.4. The molecule has 4 aliphatic carbocycles. The Kier molecular flexibility index (Phi) is 24.1. The number of nitrogens with zero attached hydrogens (tertiary/aromatic N) is 16. The lowest BCUT2D eigenvalue weighted by atomic mass is 9.95. The number of pyridine rings is 12. The fourth-order valence-corrected chi connectivity index (χ4v) is 20.0. The molecule has 5 aliphatic heterocycles. The summed E-state index contributed by atoms with van der Waals surface area (Å²) in [6, 6.07) is 17.3. The van der Waals surface area contributed by atoms with Crippen molar-refractivity contribution >= 4 is 159 Å². The largest absolute Gasteiger partial charge is 0.396 e. The number of amides is 5. The lowest BCUT2D eigenvalue weighted by Gasteiger charge is -2.26. The minimum atomic E-state index is -1.32. The topological polar surface area (TPSA) is 534 Å². The lowest BCUT2D eigenvalue weighted by Crippen LogP contribution is -2.35. The Labute approximate surface area is 767 Å². The van der Waals surface area contributed by atoms with E-state index >= 15 is 0 Å². The Morgan fingerprint density at radius 3 is 1.30 bits per heavy atom. The first-order valence-corrected chi connectivity index (χ1v) is 46.2. The maximum absolute atomic E-state index is 13.1. The molecule has 9 atom stereocenters. The van der Waals surface area contributed by atoms with Gasteiger partial charge < -0.3 is 80.6 Å². The van der Waals surface area contributed by atoms with Crippen molar-refractivity contribution in [2.24, 2.45) is 41.4 Å². The molecule has 133 heavy (non-hydrogen) atoms. The number of nitrogens with two attached hydrogens (primary N) is 4. The highest BCUT2D eigenvalue weighted by Gasteiger charge is 2.57. The fourth-order valence-electron chi connectivity index (χ4n) is 19.2. The molecule has 0 aromatic carbocycles. The first-order chi connectivity index (χ1) is 64.2. The normalized spacial score (nSPS) is 20.4. The number of rotatable bonds is 15. The van der Waals surface area contributed by atoms with Crippen LogP contribution in [0, 0.1) is 69.1 Å². The smallest absolute Gasteiger partial charge is 0.244 e. The van der Waals surface area contributed by atoms with Gasteiger partial charge in [0.15, 0.2) is 17.0 Å². The molecule has 38 heteroatoms. The van der Waals surface area contributed by atoms with E-state index in [1.54, 1.807) is 65.9 Å². The van der Waals surface area contributed by atoms with Crippen LogP contribution in [0.4, 0.5) is 75.1 Å². The number of aromatic nitrogens is 14. The predicted molar refractivity (Wildman–Crippen MR) is 513 cm³/mol. The van der Waals surface area contributed by atoms with Crippen LogP contribution in [-0.4, -0.2) is 182 Å². The van der Waals surface area contributed by atoms with E-state index in [1.807, 2.05) is 80.1 Å². The Morgan fingerprint density at radius 2 is 0.880 bits per heavy atom. The molecule has 19 N–H and O–H groups in total. The number of aliphatic hydroxyl groups excluding tert-OH is 2. The molecule has 9 aliphatic rings. The zero-order valence-electron chi connectivity index (χ0n) is 74.8. The van der Waals surface area contributed by atoms with Crippen molar-refractivity contribution in [3.8, 4) is 45.0 Å². The van der Waals surface area contributed by atoms with E-state index in [9.17, 15) is 38.4 Å². The van der Waals surface area contributed by atoms with Crippen LogP contribution in [-0.2, 0) is 73.9 Å². The fraction of sp³-hybridized carbons (Fsp3) is 0.368. The van der Waals surface area contributed by atoms with E-state index in [4.69, 9.17) is 22.9 Å². The summed E-state index contributed by atoms with van der Waals surface area (Å²) >= 11 is -1.32. The quantitative estimate of drug-likeness (QED) is 0.0453. The number of anilines is 13. The Morgan fingerprint density at radius 1 is 0.474 bits per heavy atom. The van der Waals surface area contributed by atoms with E-state index in [1.165, 1.54) is 0 Å². The van der Waals surface area contributed by atoms with E-state index in [0.29, 0.717) is 83.0 Å². The predicted octanol–water partition coefficient (Wildman–Crippen LogP) is 10.4. The minimum Gasteiger partial charge on any atom is -0.396 e. The van der Waals surface area contributed by atoms with Gasteiger partial charge in [-0.2, -0.15) is 5.10 Å². The van der Waals surface area contributed by atoms with Gasteiger partial charge in [-0.05, 0) is 214 Å². The van der Waals surface area contributed by atoms with Gasteiger partial charge in [0.1, 0.15) is 53.1 Å². The molecule has 13 aromatic rings. The summed E-state index contributed by atoms with van der Waals surface area (Å²) in [7, 11) is 3.58. The zero-order valence-corrected chi connectivity index (χ0v) is 75.6. The summed E-state index contributed by atoms with van der Waals surface area (Å²) in [4.78, 5) is 117. The monoisotopic (exact) mass is 1810 g/mol. The Hall–Kier alpha value is -14.4. The van der Waals surface area contributed by atoms with Crippen molar-refractivity contribution in [3.63, 3.8) is 0 Å². The Balaban J connectivity index is 0.000000115. The van der Waals surface area contributed by atoms with E-state index in [-0.39, 0.29) is 84.9 Å². The van der Waals surface area contributed by atoms with Gasteiger partial charge in [0.25, 0.3) is 0 Å². The number of hydrogen-bond acceptors (Lipinski definition) is 29.